The first-order valence-electron chi connectivity index (χ1n) is 14.9. The molecule has 356 valence electrons. The molecule has 5 rings (SSSR count). The number of carboxylic acids is 1. The zero-order valence-corrected chi connectivity index (χ0v) is 28.0. The zero-order chi connectivity index (χ0) is 50.2. The Hall–Kier alpha value is -5.24. The number of hydrogen-bond donors (Lipinski definition) is 1. The van der Waals surface area contributed by atoms with E-state index in [9.17, 15) is 53.8 Å². The number of hydrogen-bond acceptors (Lipinski definition) is 2. The Labute approximate surface area is 325 Å². The van der Waals surface area contributed by atoms with Crippen LogP contribution in [-0.2, 0) is 27.9 Å². The van der Waals surface area contributed by atoms with Gasteiger partial charge in [-0.25, -0.2) is 61.5 Å². The van der Waals surface area contributed by atoms with Gasteiger partial charge in [0.25, 0.3) is 0 Å². The molecule has 1 unspecified atom stereocenters. The molecule has 3 nitrogen and oxygen atoms in total. The molecule has 0 aromatic heterocycles. The van der Waals surface area contributed by atoms with Gasteiger partial charge in [0, 0.05) is 5.56 Å². The average Bonchev–Trinajstić information content (AvgIpc) is 3.13. The summed E-state index contributed by atoms with van der Waals surface area (Å²) in [4.78, 5) is 12.4. The third kappa shape index (κ3) is 4.80. The predicted molar refractivity (Wildman–Crippen MR) is 133 cm³/mol. The van der Waals surface area contributed by atoms with Crippen molar-refractivity contribution in [3.05, 3.63) is 97.9 Å². The fraction of sp³-hybridized carbons (Fsp3) is 0.367. The molecule has 3 aromatic carbocycles. The highest BCUT2D eigenvalue weighted by molar-refractivity contribution is 5.84. The molecule has 4 atom stereocenters. The van der Waals surface area contributed by atoms with E-state index in [1.54, 1.807) is 0 Å². The second-order valence-corrected chi connectivity index (χ2v) is 12.9. The number of rotatable bonds is 5. The van der Waals surface area contributed by atoms with Gasteiger partial charge in [-0.05, 0) is 0 Å². The average molecular weight is 998 g/mol. The predicted octanol–water partition coefficient (Wildman–Crippen LogP) is 11.7. The minimum atomic E-state index is -10.0. The first kappa shape index (κ1) is 49.8. The summed E-state index contributed by atoms with van der Waals surface area (Å²) >= 11 is 0. The topological polar surface area (TPSA) is 46.5 Å². The van der Waals surface area contributed by atoms with Gasteiger partial charge in [0.2, 0.25) is 45.4 Å². The summed E-state index contributed by atoms with van der Waals surface area (Å²) in [5, 5.41) is 9.51. The Bertz CT molecular complexity index is 2500. The number of halogens is 31. The highest BCUT2D eigenvalue weighted by Crippen LogP contribution is 2.86. The smallest absolute Gasteiger partial charge is 0.432 e. The van der Waals surface area contributed by atoms with Crippen molar-refractivity contribution in [2.24, 2.45) is 5.41 Å². The first-order valence-corrected chi connectivity index (χ1v) is 14.9. The molecule has 0 aliphatic heterocycles. The number of ether oxygens (including phenoxy) is 1. The second kappa shape index (κ2) is 13.2. The molecule has 1 saturated carbocycles. The quantitative estimate of drug-likeness (QED) is 0.157. The summed E-state index contributed by atoms with van der Waals surface area (Å²) in [6, 6.07) is 0. The molecule has 34 heteroatoms. The fourth-order valence-corrected chi connectivity index (χ4v) is 7.58. The van der Waals surface area contributed by atoms with Crippen molar-refractivity contribution in [3.63, 3.8) is 0 Å². The van der Waals surface area contributed by atoms with Gasteiger partial charge in [0.15, 0.2) is 58.2 Å². The van der Waals surface area contributed by atoms with Gasteiger partial charge in [0.05, 0.1) is 11.1 Å². The van der Waals surface area contributed by atoms with Crippen LogP contribution in [0.5, 0.6) is 5.75 Å². The van der Waals surface area contributed by atoms with Crippen LogP contribution in [0.4, 0.5) is 136 Å². The van der Waals surface area contributed by atoms with E-state index in [1.807, 2.05) is 0 Å². The van der Waals surface area contributed by atoms with E-state index in [-0.39, 0.29) is 0 Å². The van der Waals surface area contributed by atoms with E-state index >= 15 is 92.2 Å². The molecule has 0 bridgehead atoms. The van der Waals surface area contributed by atoms with Gasteiger partial charge in [-0.3, -0.25) is 4.79 Å². The van der Waals surface area contributed by atoms with Crippen LogP contribution >= 0.6 is 0 Å². The van der Waals surface area contributed by atoms with Crippen LogP contribution in [0.15, 0.2) is 0 Å². The van der Waals surface area contributed by atoms with Crippen molar-refractivity contribution in [2.75, 3.05) is 0 Å². The van der Waals surface area contributed by atoms with E-state index in [0.717, 1.165) is 0 Å². The van der Waals surface area contributed by atoms with Crippen LogP contribution in [0.25, 0.3) is 0 Å². The van der Waals surface area contributed by atoms with Crippen molar-refractivity contribution < 1.29 is 151 Å². The van der Waals surface area contributed by atoms with Crippen molar-refractivity contribution in [3.8, 4) is 5.75 Å². The fourth-order valence-electron chi connectivity index (χ4n) is 7.58. The molecule has 2 aliphatic rings. The lowest BCUT2D eigenvalue weighted by atomic mass is 9.37. The van der Waals surface area contributed by atoms with E-state index in [0.29, 0.717) is 0 Å². The Balaban J connectivity index is 2.23. The monoisotopic (exact) mass is 998 g/mol. The molecule has 64 heavy (non-hydrogen) atoms. The summed E-state index contributed by atoms with van der Waals surface area (Å²) in [6.07, 6.45) is -26.0. The lowest BCUT2D eigenvalue weighted by Crippen LogP contribution is -2.95. The van der Waals surface area contributed by atoms with Crippen LogP contribution in [0.1, 0.15) is 22.3 Å². The van der Waals surface area contributed by atoms with Gasteiger partial charge in [0.1, 0.15) is 5.56 Å². The molecular weight excluding hydrogens is 997 g/mol. The third-order valence-electron chi connectivity index (χ3n) is 10.1. The molecule has 0 heterocycles. The molecule has 1 N–H and O–H groups in total. The highest BCUT2D eigenvalue weighted by Gasteiger charge is 3.12. The number of benzene rings is 3. The molecule has 0 radical (unpaired) electrons. The number of carboxylic acid groups (broad SMARTS) is 1. The summed E-state index contributed by atoms with van der Waals surface area (Å²) in [7, 11) is 0. The lowest BCUT2D eigenvalue weighted by molar-refractivity contribution is -0.504. The zero-order valence-electron chi connectivity index (χ0n) is 28.0. The van der Waals surface area contributed by atoms with E-state index in [1.165, 1.54) is 0 Å². The van der Waals surface area contributed by atoms with Crippen LogP contribution in [0.3, 0.4) is 0 Å². The minimum Gasteiger partial charge on any atom is -0.480 e. The van der Waals surface area contributed by atoms with E-state index in [2.05, 4.69) is 4.74 Å². The van der Waals surface area contributed by atoms with Gasteiger partial charge < -0.3 is 9.84 Å². The molecule has 2 aliphatic carbocycles. The Kier molecular flexibility index (Phi) is 10.3. The molecule has 0 saturated heterocycles. The maximum atomic E-state index is 17.7. The SMILES string of the molecule is O=C(O)[C@]1(C(F)(F)F)C(F)(c2c(F)c(F)c(F)c(F)c2F)C(F)(F)C(F)(F)[C@]2(C(F)(F)F)c3c(F)c(OC(F)(F)c4c(F)c(F)c(F)c(F)c4F)c(F)c(F)c3C(F)(F)C(F)(F)[C@@]12F. The van der Waals surface area contributed by atoms with E-state index in [4.69, 9.17) is 0 Å². The molecule has 0 amide bonds. The van der Waals surface area contributed by atoms with Crippen LogP contribution < -0.4 is 4.74 Å². The van der Waals surface area contributed by atoms with Gasteiger partial charge in [-0.2, -0.15) is 74.6 Å². The van der Waals surface area contributed by atoms with Crippen LogP contribution in [0.2, 0.25) is 0 Å². The Morgan fingerprint density at radius 2 is 0.781 bits per heavy atom. The third-order valence-corrected chi connectivity index (χ3v) is 10.1. The second-order valence-electron chi connectivity index (χ2n) is 12.9. The number of alkyl halides is 18. The summed E-state index contributed by atoms with van der Waals surface area (Å²) in [5.41, 5.74) is -58.8. The summed E-state index contributed by atoms with van der Waals surface area (Å²) in [5.74, 6) is -104. The first-order chi connectivity index (χ1) is 28.4. The number of aliphatic carboxylic acids is 1. The van der Waals surface area contributed by atoms with Crippen LogP contribution in [-0.4, -0.2) is 46.9 Å². The highest BCUT2D eigenvalue weighted by atomic mass is 19.4. The van der Waals surface area contributed by atoms with Crippen molar-refractivity contribution in [1.82, 2.24) is 0 Å². The molecular formula is C30HF31O3. The minimum absolute atomic E-state index is 2.62. The summed E-state index contributed by atoms with van der Waals surface area (Å²) < 4.78 is 477. The molecule has 1 fully saturated rings. The Morgan fingerprint density at radius 1 is 0.422 bits per heavy atom. The van der Waals surface area contributed by atoms with Gasteiger partial charge >= 0.3 is 48.1 Å². The number of carbonyl (C=O) groups is 1. The van der Waals surface area contributed by atoms with Gasteiger partial charge in [-0.15, -0.1) is 0 Å². The maximum Gasteiger partial charge on any atom is 0.432 e. The van der Waals surface area contributed by atoms with Crippen LogP contribution in [0, 0.1) is 81.0 Å². The normalized spacial score (nSPS) is 27.2. The van der Waals surface area contributed by atoms with Crippen molar-refractivity contribution >= 4 is 5.97 Å². The molecule has 3 aromatic rings. The van der Waals surface area contributed by atoms with E-state index < -0.39 is 174 Å². The van der Waals surface area contributed by atoms with Gasteiger partial charge in [-0.1, -0.05) is 0 Å². The van der Waals surface area contributed by atoms with Crippen molar-refractivity contribution in [2.45, 2.75) is 58.9 Å². The largest absolute Gasteiger partial charge is 0.480 e. The Morgan fingerprint density at radius 3 is 1.14 bits per heavy atom. The van der Waals surface area contributed by atoms with Crippen molar-refractivity contribution in [1.29, 1.82) is 0 Å². The summed E-state index contributed by atoms with van der Waals surface area (Å²) in [6.45, 7) is 0. The maximum absolute atomic E-state index is 17.7. The lowest BCUT2D eigenvalue weighted by Gasteiger charge is -2.68. The molecule has 0 spiro atoms. The standard InChI is InChI=1S/C30HF31O3/c31-5-2-1(10(36)18(17(5)43)64-24(47,48)4-8(34)13(39)16(42)14(40)9(4)35)20(29(56,57)58)25(49,28(54,55)23(2,45)46)21(19(62)63,30(59,60)61)22(44,27(52,53)26(20,50)51)3-6(32)11(37)15(41)12(38)7(3)33/h(H,62,63)/t20-,21-,22?,25-/m0/s1. The number of fused-ring (bicyclic) bond motifs is 3.